The molecule has 0 atom stereocenters. The molecule has 0 amide bonds. The van der Waals surface area contributed by atoms with Gasteiger partial charge >= 0.3 is 0 Å². The van der Waals surface area contributed by atoms with Crippen molar-refractivity contribution in [3.63, 3.8) is 0 Å². The lowest BCUT2D eigenvalue weighted by atomic mass is 9.82. The van der Waals surface area contributed by atoms with Crippen LogP contribution in [0.4, 0.5) is 0 Å². The van der Waals surface area contributed by atoms with Crippen LogP contribution in [0.25, 0.3) is 87.6 Å². The van der Waals surface area contributed by atoms with Crippen LogP contribution in [0.2, 0.25) is 0 Å². The fourth-order valence-corrected chi connectivity index (χ4v) is 6.90. The molecule has 1 aliphatic rings. The molecule has 1 aliphatic carbocycles. The number of rotatable bonds is 2. The van der Waals surface area contributed by atoms with Crippen molar-refractivity contribution in [2.24, 2.45) is 0 Å². The Morgan fingerprint density at radius 1 is 0.375 bits per heavy atom. The van der Waals surface area contributed by atoms with Gasteiger partial charge in [0.1, 0.15) is 0 Å². The van der Waals surface area contributed by atoms with E-state index in [1.54, 1.807) is 0 Å². The highest BCUT2D eigenvalue weighted by Gasteiger charge is 2.31. The predicted octanol–water partition coefficient (Wildman–Crippen LogP) is 10.1. The number of hydrogen-bond donors (Lipinski definition) is 0. The van der Waals surface area contributed by atoms with Crippen molar-refractivity contribution in [1.29, 1.82) is 0 Å². The molecule has 0 radical (unpaired) electrons. The van der Waals surface area contributed by atoms with Crippen LogP contribution >= 0.6 is 0 Å². The summed E-state index contributed by atoms with van der Waals surface area (Å²) in [5.74, 6) is 0. The maximum Gasteiger partial charge on any atom is 0.0346 e. The Morgan fingerprint density at radius 2 is 0.950 bits per heavy atom. The van der Waals surface area contributed by atoms with Crippen molar-refractivity contribution in [2.45, 2.75) is 0 Å². The van der Waals surface area contributed by atoms with Gasteiger partial charge in [-0.25, -0.2) is 0 Å². The molecule has 2 aromatic heterocycles. The third kappa shape index (κ3) is 2.88. The number of pyridine rings is 2. The van der Waals surface area contributed by atoms with Gasteiger partial charge in [-0.2, -0.15) is 0 Å². The first kappa shape index (κ1) is 21.6. The topological polar surface area (TPSA) is 25.8 Å². The molecule has 0 aliphatic heterocycles. The molecule has 40 heavy (non-hydrogen) atoms. The molecule has 6 aromatic carbocycles. The van der Waals surface area contributed by atoms with E-state index in [1.807, 2.05) is 36.9 Å². The van der Waals surface area contributed by atoms with Crippen LogP contribution < -0.4 is 0 Å². The normalized spacial score (nSPS) is 12.0. The van der Waals surface area contributed by atoms with Crippen molar-refractivity contribution < 1.29 is 0 Å². The summed E-state index contributed by atoms with van der Waals surface area (Å²) >= 11 is 0. The molecule has 8 aromatic rings. The summed E-state index contributed by atoms with van der Waals surface area (Å²) in [7, 11) is 0. The van der Waals surface area contributed by atoms with E-state index >= 15 is 0 Å². The molecule has 0 bridgehead atoms. The Labute approximate surface area is 231 Å². The Hall–Kier alpha value is -5.34. The highest BCUT2D eigenvalue weighted by molar-refractivity contribution is 6.31. The van der Waals surface area contributed by atoms with Crippen LogP contribution in [-0.4, -0.2) is 9.97 Å². The SMILES string of the molecule is c1cncc(-c2c3c(c(-c4cccnc4)c4cc5ccccc5cc24)-c2cc4ccccc4c4cccc-3c24)c1. The van der Waals surface area contributed by atoms with Gasteiger partial charge in [0.2, 0.25) is 0 Å². The smallest absolute Gasteiger partial charge is 0.0346 e. The van der Waals surface area contributed by atoms with Crippen molar-refractivity contribution in [3.05, 3.63) is 134 Å². The zero-order chi connectivity index (χ0) is 26.2. The quantitative estimate of drug-likeness (QED) is 0.172. The van der Waals surface area contributed by atoms with Crippen LogP contribution in [-0.2, 0) is 0 Å². The average Bonchev–Trinajstić information content (AvgIpc) is 3.34. The lowest BCUT2D eigenvalue weighted by Gasteiger charge is -2.21. The summed E-state index contributed by atoms with van der Waals surface area (Å²) in [5, 5.41) is 10.1. The monoisotopic (exact) mass is 506 g/mol. The van der Waals surface area contributed by atoms with Gasteiger partial charge in [0.05, 0.1) is 0 Å². The Kier molecular flexibility index (Phi) is 4.36. The van der Waals surface area contributed by atoms with Gasteiger partial charge in [-0.15, -0.1) is 0 Å². The molecular formula is C38H22N2. The van der Waals surface area contributed by atoms with Gasteiger partial charge in [-0.3, -0.25) is 9.97 Å². The minimum absolute atomic E-state index is 1.13. The summed E-state index contributed by atoms with van der Waals surface area (Å²) in [5.41, 5.74) is 9.88. The fourth-order valence-electron chi connectivity index (χ4n) is 6.90. The predicted molar refractivity (Wildman–Crippen MR) is 167 cm³/mol. The molecule has 0 spiro atoms. The van der Waals surface area contributed by atoms with E-state index in [2.05, 4.69) is 107 Å². The van der Waals surface area contributed by atoms with E-state index in [0.29, 0.717) is 0 Å². The fraction of sp³-hybridized carbons (Fsp3) is 0. The third-order valence-electron chi connectivity index (χ3n) is 8.50. The first-order valence-electron chi connectivity index (χ1n) is 13.7. The summed E-state index contributed by atoms with van der Waals surface area (Å²) in [6.45, 7) is 0. The summed E-state index contributed by atoms with van der Waals surface area (Å²) in [6.07, 6.45) is 7.73. The Bertz CT molecular complexity index is 2300. The van der Waals surface area contributed by atoms with Gasteiger partial charge in [-0.05, 0) is 107 Å². The van der Waals surface area contributed by atoms with Crippen molar-refractivity contribution in [3.8, 4) is 44.5 Å². The maximum absolute atomic E-state index is 4.57. The average molecular weight is 507 g/mol. The Morgan fingerprint density at radius 3 is 1.57 bits per heavy atom. The largest absolute Gasteiger partial charge is 0.264 e. The number of nitrogens with zero attached hydrogens (tertiary/aromatic N) is 2. The minimum Gasteiger partial charge on any atom is -0.264 e. The molecule has 0 fully saturated rings. The molecule has 0 saturated heterocycles. The molecule has 0 unspecified atom stereocenters. The second-order valence-electron chi connectivity index (χ2n) is 10.6. The zero-order valence-electron chi connectivity index (χ0n) is 21.6. The van der Waals surface area contributed by atoms with E-state index in [4.69, 9.17) is 0 Å². The van der Waals surface area contributed by atoms with Crippen molar-refractivity contribution in [1.82, 2.24) is 9.97 Å². The van der Waals surface area contributed by atoms with Gasteiger partial charge in [-0.1, -0.05) is 78.9 Å². The first-order valence-corrected chi connectivity index (χ1v) is 13.7. The lowest BCUT2D eigenvalue weighted by molar-refractivity contribution is 1.33. The second-order valence-corrected chi connectivity index (χ2v) is 10.6. The molecule has 9 rings (SSSR count). The van der Waals surface area contributed by atoms with Gasteiger partial charge in [0, 0.05) is 35.9 Å². The number of hydrogen-bond acceptors (Lipinski definition) is 2. The van der Waals surface area contributed by atoms with Crippen LogP contribution in [0.3, 0.4) is 0 Å². The first-order chi connectivity index (χ1) is 19.9. The Balaban J connectivity index is 1.59. The van der Waals surface area contributed by atoms with Crippen LogP contribution in [0, 0.1) is 0 Å². The van der Waals surface area contributed by atoms with Gasteiger partial charge < -0.3 is 0 Å². The highest BCUT2D eigenvalue weighted by Crippen LogP contribution is 2.58. The van der Waals surface area contributed by atoms with Crippen LogP contribution in [0.1, 0.15) is 0 Å². The van der Waals surface area contributed by atoms with Gasteiger partial charge in [0.15, 0.2) is 0 Å². The highest BCUT2D eigenvalue weighted by atomic mass is 14.6. The number of aromatic nitrogens is 2. The van der Waals surface area contributed by atoms with E-state index in [-0.39, 0.29) is 0 Å². The summed E-state index contributed by atoms with van der Waals surface area (Å²) < 4.78 is 0. The van der Waals surface area contributed by atoms with Crippen molar-refractivity contribution in [2.75, 3.05) is 0 Å². The van der Waals surface area contributed by atoms with Crippen molar-refractivity contribution >= 4 is 43.1 Å². The van der Waals surface area contributed by atoms with E-state index in [1.165, 1.54) is 76.5 Å². The molecule has 184 valence electrons. The molecule has 0 N–H and O–H groups in total. The number of fused-ring (bicyclic) bond motifs is 7. The van der Waals surface area contributed by atoms with E-state index in [9.17, 15) is 0 Å². The lowest BCUT2D eigenvalue weighted by Crippen LogP contribution is -1.94. The molecule has 0 saturated carbocycles. The molecule has 2 nitrogen and oxygen atoms in total. The standard InChI is InChI=1S/C38H22N2/c1-2-9-24-19-32-31(18-23(24)8-1)34(26-11-6-16-39-21-26)37-30-15-5-14-29-28-13-4-3-10-25(28)20-33(36(29)30)38(37)35(32)27-12-7-17-40-22-27/h1-22H. The molecular weight excluding hydrogens is 484 g/mol. The summed E-state index contributed by atoms with van der Waals surface area (Å²) in [6, 6.07) is 39.8. The second kappa shape index (κ2) is 8.08. The van der Waals surface area contributed by atoms with Crippen LogP contribution in [0.15, 0.2) is 134 Å². The van der Waals surface area contributed by atoms with E-state index < -0.39 is 0 Å². The molecule has 2 heterocycles. The van der Waals surface area contributed by atoms with Crippen LogP contribution in [0.5, 0.6) is 0 Å². The third-order valence-corrected chi connectivity index (χ3v) is 8.50. The zero-order valence-corrected chi connectivity index (χ0v) is 21.6. The molecule has 2 heteroatoms. The van der Waals surface area contributed by atoms with Gasteiger partial charge in [0.25, 0.3) is 0 Å². The number of benzene rings is 6. The maximum atomic E-state index is 4.57. The van der Waals surface area contributed by atoms with E-state index in [0.717, 1.165) is 11.1 Å². The summed E-state index contributed by atoms with van der Waals surface area (Å²) in [4.78, 5) is 9.14. The minimum atomic E-state index is 1.13.